The van der Waals surface area contributed by atoms with Crippen molar-refractivity contribution in [2.75, 3.05) is 0 Å². The lowest BCUT2D eigenvalue weighted by molar-refractivity contribution is 0.794. The van der Waals surface area contributed by atoms with Crippen molar-refractivity contribution in [1.82, 2.24) is 19.9 Å². The van der Waals surface area contributed by atoms with Crippen LogP contribution in [0.1, 0.15) is 44.5 Å². The Hall–Kier alpha value is -10.9. The van der Waals surface area contributed by atoms with E-state index in [-0.39, 0.29) is 0 Å². The van der Waals surface area contributed by atoms with Crippen LogP contribution in [0.4, 0.5) is 0 Å². The van der Waals surface area contributed by atoms with Crippen molar-refractivity contribution in [3.05, 3.63) is 336 Å². The zero-order chi connectivity index (χ0) is 55.1. The van der Waals surface area contributed by atoms with Gasteiger partial charge in [0.1, 0.15) is 0 Å². The Morgan fingerprint density at radius 1 is 0.202 bits per heavy atom. The molecule has 11 aromatic carbocycles. The lowest BCUT2D eigenvalue weighted by Gasteiger charge is -2.31. The van der Waals surface area contributed by atoms with Crippen molar-refractivity contribution in [1.29, 1.82) is 0 Å². The van der Waals surface area contributed by atoms with Crippen molar-refractivity contribution in [2.45, 2.75) is 10.8 Å². The van der Waals surface area contributed by atoms with Crippen LogP contribution in [0.5, 0.6) is 0 Å². The first-order valence-electron chi connectivity index (χ1n) is 28.9. The maximum Gasteiger partial charge on any atom is 0.0973 e. The lowest BCUT2D eigenvalue weighted by atomic mass is 9.70. The number of aromatic nitrogens is 4. The molecule has 388 valence electrons. The van der Waals surface area contributed by atoms with Gasteiger partial charge in [0.25, 0.3) is 0 Å². The van der Waals surface area contributed by atoms with Gasteiger partial charge in [0.2, 0.25) is 0 Å². The highest BCUT2D eigenvalue weighted by Gasteiger charge is 2.53. The first-order chi connectivity index (χ1) is 41.6. The third-order valence-corrected chi connectivity index (χ3v) is 18.7. The maximum atomic E-state index is 5.39. The van der Waals surface area contributed by atoms with Gasteiger partial charge >= 0.3 is 0 Å². The number of hydrogen-bond donors (Lipinski definition) is 0. The van der Waals surface area contributed by atoms with E-state index in [0.717, 1.165) is 66.9 Å². The molecule has 0 atom stereocenters. The van der Waals surface area contributed by atoms with Crippen molar-refractivity contribution in [3.8, 4) is 112 Å². The van der Waals surface area contributed by atoms with Crippen LogP contribution < -0.4 is 0 Å². The average molecular weight is 1070 g/mol. The number of hydrogen-bond acceptors (Lipinski definition) is 4. The highest BCUT2D eigenvalue weighted by atomic mass is 14.8. The molecular weight excluding hydrogens is 1020 g/mol. The summed E-state index contributed by atoms with van der Waals surface area (Å²) in [6.45, 7) is 0. The van der Waals surface area contributed by atoms with Crippen molar-refractivity contribution in [2.24, 2.45) is 0 Å². The second kappa shape index (κ2) is 17.8. The molecular formula is C80H48N4. The van der Waals surface area contributed by atoms with E-state index >= 15 is 0 Å². The topological polar surface area (TPSA) is 51.6 Å². The number of fused-ring (bicyclic) bond motifs is 21. The number of rotatable bonds is 6. The van der Waals surface area contributed by atoms with Gasteiger partial charge in [-0.1, -0.05) is 218 Å². The van der Waals surface area contributed by atoms with Crippen molar-refractivity contribution < 1.29 is 0 Å². The summed E-state index contributed by atoms with van der Waals surface area (Å²) < 4.78 is 0. The van der Waals surface area contributed by atoms with E-state index in [4.69, 9.17) is 9.97 Å². The highest BCUT2D eigenvalue weighted by Crippen LogP contribution is 2.65. The highest BCUT2D eigenvalue weighted by molar-refractivity contribution is 5.99. The molecule has 0 bridgehead atoms. The van der Waals surface area contributed by atoms with Crippen LogP contribution in [0.2, 0.25) is 0 Å². The van der Waals surface area contributed by atoms with Gasteiger partial charge in [-0.05, 0) is 182 Å². The van der Waals surface area contributed by atoms with E-state index < -0.39 is 10.8 Å². The summed E-state index contributed by atoms with van der Waals surface area (Å²) in [6.07, 6.45) is 7.62. The summed E-state index contributed by atoms with van der Waals surface area (Å²) in [5.41, 5.74) is 34.3. The first kappa shape index (κ1) is 46.8. The van der Waals surface area contributed by atoms with Crippen LogP contribution in [-0.4, -0.2) is 19.9 Å². The summed E-state index contributed by atoms with van der Waals surface area (Å²) in [7, 11) is 0. The Morgan fingerprint density at radius 3 is 0.798 bits per heavy atom. The first-order valence-corrected chi connectivity index (χ1v) is 28.9. The van der Waals surface area contributed by atoms with Crippen molar-refractivity contribution >= 4 is 11.0 Å². The maximum absolute atomic E-state index is 5.39. The normalized spacial score (nSPS) is 13.7. The minimum Gasteiger partial charge on any atom is -0.264 e. The SMILES string of the molecule is c1cncc(-c2ccc3c(c2)C2(c4ccccc4-c4ccccc42)c2cc(-c4ccc(-c5nc6ccccc6nc5-c5ccc(-c6ccc7c(c6)C6(c8ccccc8-c8ccccc86)c6cc(-c8cccnc8)ccc6-7)cc5)cc4)ccc2-3)c1. The zero-order valence-electron chi connectivity index (χ0n) is 45.5. The van der Waals surface area contributed by atoms with Gasteiger partial charge in [-0.25, -0.2) is 9.97 Å². The molecule has 0 N–H and O–H groups in total. The van der Waals surface area contributed by atoms with E-state index in [9.17, 15) is 0 Å². The van der Waals surface area contributed by atoms with Crippen LogP contribution in [-0.2, 0) is 10.8 Å². The molecule has 0 saturated heterocycles. The third-order valence-electron chi connectivity index (χ3n) is 18.7. The second-order valence-corrected chi connectivity index (χ2v) is 22.8. The van der Waals surface area contributed by atoms with E-state index in [1.54, 1.807) is 0 Å². The van der Waals surface area contributed by atoms with Gasteiger partial charge in [0.05, 0.1) is 33.3 Å². The summed E-state index contributed by atoms with van der Waals surface area (Å²) in [5.74, 6) is 0. The minimum atomic E-state index is -0.494. The third kappa shape index (κ3) is 6.48. The molecule has 4 heteroatoms. The molecule has 3 aromatic heterocycles. The second-order valence-electron chi connectivity index (χ2n) is 22.8. The Kier molecular flexibility index (Phi) is 9.90. The fraction of sp³-hybridized carbons (Fsp3) is 0.0250. The zero-order valence-corrected chi connectivity index (χ0v) is 45.5. The quantitative estimate of drug-likeness (QED) is 0.167. The Morgan fingerprint density at radius 2 is 0.476 bits per heavy atom. The molecule has 4 aliphatic carbocycles. The number of para-hydroxylation sites is 2. The molecule has 0 amide bonds. The van der Waals surface area contributed by atoms with Crippen LogP contribution in [0.3, 0.4) is 0 Å². The van der Waals surface area contributed by atoms with E-state index in [1.165, 1.54) is 100 Å². The molecule has 4 nitrogen and oxygen atoms in total. The van der Waals surface area contributed by atoms with Crippen LogP contribution in [0.15, 0.2) is 292 Å². The van der Waals surface area contributed by atoms with Crippen LogP contribution >= 0.6 is 0 Å². The molecule has 14 aromatic rings. The molecule has 0 aliphatic heterocycles. The van der Waals surface area contributed by atoms with Gasteiger partial charge in [0.15, 0.2) is 0 Å². The predicted octanol–water partition coefficient (Wildman–Crippen LogP) is 19.1. The van der Waals surface area contributed by atoms with Gasteiger partial charge in [-0.3, -0.25) is 9.97 Å². The number of nitrogens with zero attached hydrogens (tertiary/aromatic N) is 4. The average Bonchev–Trinajstić information content (AvgIpc) is 1.70. The Bertz CT molecular complexity index is 4650. The van der Waals surface area contributed by atoms with Gasteiger partial charge in [-0.2, -0.15) is 0 Å². The molecule has 0 radical (unpaired) electrons. The standard InChI is InChI=1S/C80H48N4/c1-5-19-67-59(15-1)60-16-2-6-20-68(60)79(67)71-43-53(33-37-63(71)65-39-35-55(45-73(65)79)57-13-11-41-81-47-57)49-25-29-51(30-26-49)77-78(84-76-24-10-9-23-75(76)83-77)52-31-27-50(28-32-52)54-34-38-64-66-40-36-56(58-14-12-42-82-48-58)46-74(66)80(72(64)44-54)69-21-7-3-17-61(69)62-18-4-8-22-70(62)80/h1-48H. The van der Waals surface area contributed by atoms with E-state index in [1.807, 2.05) is 49.1 Å². The largest absolute Gasteiger partial charge is 0.264 e. The number of benzene rings is 11. The van der Waals surface area contributed by atoms with E-state index in [0.29, 0.717) is 0 Å². The molecule has 4 aliphatic rings. The lowest BCUT2D eigenvalue weighted by Crippen LogP contribution is -2.26. The van der Waals surface area contributed by atoms with Crippen LogP contribution in [0.25, 0.3) is 123 Å². The molecule has 0 unspecified atom stereocenters. The molecule has 84 heavy (non-hydrogen) atoms. The Labute approximate surface area is 486 Å². The summed E-state index contributed by atoms with van der Waals surface area (Å²) >= 11 is 0. The molecule has 3 heterocycles. The predicted molar refractivity (Wildman–Crippen MR) is 340 cm³/mol. The Balaban J connectivity index is 0.727. The fourth-order valence-corrected chi connectivity index (χ4v) is 15.1. The minimum absolute atomic E-state index is 0.494. The summed E-state index contributed by atoms with van der Waals surface area (Å²) in [4.78, 5) is 19.8. The van der Waals surface area contributed by atoms with Crippen molar-refractivity contribution in [3.63, 3.8) is 0 Å². The van der Waals surface area contributed by atoms with E-state index in [2.05, 4.69) is 253 Å². The molecule has 18 rings (SSSR count). The molecule has 0 fully saturated rings. The molecule has 2 spiro atoms. The molecule has 0 saturated carbocycles. The van der Waals surface area contributed by atoms with Gasteiger partial charge in [-0.15, -0.1) is 0 Å². The summed E-state index contributed by atoms with van der Waals surface area (Å²) in [6, 6.07) is 98.8. The summed E-state index contributed by atoms with van der Waals surface area (Å²) in [5, 5.41) is 0. The van der Waals surface area contributed by atoms with Crippen LogP contribution in [0, 0.1) is 0 Å². The smallest absolute Gasteiger partial charge is 0.0973 e. The van der Waals surface area contributed by atoms with Gasteiger partial charge in [0, 0.05) is 35.9 Å². The monoisotopic (exact) mass is 1060 g/mol. The fourth-order valence-electron chi connectivity index (χ4n) is 15.1. The number of pyridine rings is 2. The van der Waals surface area contributed by atoms with Gasteiger partial charge < -0.3 is 0 Å².